The first-order chi connectivity index (χ1) is 17.7. The van der Waals surface area contributed by atoms with Gasteiger partial charge in [-0.1, -0.05) is 77.6 Å². The van der Waals surface area contributed by atoms with E-state index in [0.29, 0.717) is 5.04 Å². The van der Waals surface area contributed by atoms with Gasteiger partial charge in [-0.25, -0.2) is 6.07 Å². The summed E-state index contributed by atoms with van der Waals surface area (Å²) in [5, 5.41) is 0.602. The molecule has 5 rings (SSSR count). The summed E-state index contributed by atoms with van der Waals surface area (Å²) >= 11 is 0. The quantitative estimate of drug-likeness (QED) is 0.171. The summed E-state index contributed by atoms with van der Waals surface area (Å²) in [5.41, 5.74) is 9.98. The summed E-state index contributed by atoms with van der Waals surface area (Å²) < 4.78 is 0. The van der Waals surface area contributed by atoms with E-state index in [9.17, 15) is 0 Å². The Labute approximate surface area is 251 Å². The van der Waals surface area contributed by atoms with Crippen LogP contribution < -0.4 is 0 Å². The summed E-state index contributed by atoms with van der Waals surface area (Å²) in [5.74, 6) is 0. The zero-order chi connectivity index (χ0) is 27.1. The van der Waals surface area contributed by atoms with Gasteiger partial charge < -0.3 is 0 Å². The Morgan fingerprint density at radius 1 is 0.684 bits per heavy atom. The van der Waals surface area contributed by atoms with Crippen LogP contribution in [0.2, 0.25) is 5.04 Å². The van der Waals surface area contributed by atoms with Gasteiger partial charge in [0.2, 0.25) is 0 Å². The van der Waals surface area contributed by atoms with Crippen molar-refractivity contribution < 1.29 is 21.7 Å². The Kier molecular flexibility index (Phi) is 15.9. The minimum atomic E-state index is 0. The largest absolute Gasteiger partial charge is 4.00 e. The second-order valence-corrected chi connectivity index (χ2v) is 14.2. The van der Waals surface area contributed by atoms with Gasteiger partial charge >= 0.3 is 21.7 Å². The van der Waals surface area contributed by atoms with Gasteiger partial charge in [0.05, 0.1) is 0 Å². The third-order valence-corrected chi connectivity index (χ3v) is 8.65. The van der Waals surface area contributed by atoms with Gasteiger partial charge in [0.15, 0.2) is 0 Å². The SMILES string of the molecule is Cc1cc2c([c-]1C[SiH2]C(C)(C)C)CCCC2.[CH2-]c1ccccc1.[CH2-]c1ccccc1.[CH2-]c1ccccc1.[Ti+4]. The van der Waals surface area contributed by atoms with E-state index in [0.717, 1.165) is 16.7 Å². The molecule has 0 fully saturated rings. The molecule has 0 nitrogen and oxygen atoms in total. The third kappa shape index (κ3) is 13.9. The van der Waals surface area contributed by atoms with E-state index in [1.54, 1.807) is 22.3 Å². The normalized spacial score (nSPS) is 11.9. The number of hydrogen-bond acceptors (Lipinski definition) is 0. The minimum absolute atomic E-state index is 0. The van der Waals surface area contributed by atoms with Crippen LogP contribution in [0.15, 0.2) is 97.1 Å². The Hall–Kier alpha value is -2.45. The van der Waals surface area contributed by atoms with Crippen LogP contribution in [-0.2, 0) is 40.6 Å². The van der Waals surface area contributed by atoms with Crippen LogP contribution in [0, 0.1) is 27.7 Å². The van der Waals surface area contributed by atoms with Gasteiger partial charge in [0, 0.05) is 9.52 Å². The van der Waals surface area contributed by atoms with Crippen molar-refractivity contribution in [3.63, 3.8) is 0 Å². The maximum absolute atomic E-state index is 3.72. The number of fused-ring (bicyclic) bond motifs is 1. The molecule has 0 saturated carbocycles. The van der Waals surface area contributed by atoms with Crippen molar-refractivity contribution in [1.29, 1.82) is 0 Å². The van der Waals surface area contributed by atoms with E-state index in [-0.39, 0.29) is 31.2 Å². The predicted octanol–water partition coefficient (Wildman–Crippen LogP) is 9.08. The van der Waals surface area contributed by atoms with Crippen LogP contribution >= 0.6 is 0 Å². The molecule has 2 heteroatoms. The summed E-state index contributed by atoms with van der Waals surface area (Å²) in [6, 6.07) is 33.5. The van der Waals surface area contributed by atoms with Gasteiger partial charge in [-0.05, 0) is 5.04 Å². The topological polar surface area (TPSA) is 0 Å². The van der Waals surface area contributed by atoms with Gasteiger partial charge in [0.25, 0.3) is 0 Å². The fourth-order valence-electron chi connectivity index (χ4n) is 4.30. The van der Waals surface area contributed by atoms with Gasteiger partial charge in [0.1, 0.15) is 0 Å². The third-order valence-electron chi connectivity index (χ3n) is 6.40. The van der Waals surface area contributed by atoms with Crippen molar-refractivity contribution in [3.8, 4) is 0 Å². The van der Waals surface area contributed by atoms with E-state index in [1.165, 1.54) is 31.7 Å². The molecule has 4 aromatic rings. The minimum Gasteiger partial charge on any atom is -0.207 e. The molecule has 38 heavy (non-hydrogen) atoms. The van der Waals surface area contributed by atoms with Crippen LogP contribution in [0.4, 0.5) is 0 Å². The number of benzene rings is 3. The number of hydrogen-bond donors (Lipinski definition) is 0. The molecule has 198 valence electrons. The van der Waals surface area contributed by atoms with E-state index in [4.69, 9.17) is 0 Å². The Bertz CT molecular complexity index is 1030. The Morgan fingerprint density at radius 2 is 1.08 bits per heavy atom. The molecule has 1 aliphatic carbocycles. The molecule has 0 amide bonds. The zero-order valence-corrected chi connectivity index (χ0v) is 27.1. The second kappa shape index (κ2) is 17.9. The first-order valence-electron chi connectivity index (χ1n) is 13.5. The van der Waals surface area contributed by atoms with Gasteiger partial charge in [-0.2, -0.15) is 96.1 Å². The van der Waals surface area contributed by atoms with Crippen molar-refractivity contribution in [2.75, 3.05) is 0 Å². The summed E-state index contributed by atoms with van der Waals surface area (Å²) in [4.78, 5) is 0. The Balaban J connectivity index is 0.000000276. The monoisotopic (exact) mass is 554 g/mol. The zero-order valence-electron chi connectivity index (χ0n) is 24.1. The van der Waals surface area contributed by atoms with Crippen LogP contribution in [0.25, 0.3) is 0 Å². The fourth-order valence-corrected chi connectivity index (χ4v) is 6.00. The van der Waals surface area contributed by atoms with E-state index in [2.05, 4.69) is 54.5 Å². The average molecular weight is 555 g/mol. The molecule has 0 spiro atoms. The maximum Gasteiger partial charge on any atom is 4.00 e. The van der Waals surface area contributed by atoms with Crippen LogP contribution in [0.1, 0.15) is 72.6 Å². The summed E-state index contributed by atoms with van der Waals surface area (Å²) in [6.45, 7) is 20.7. The van der Waals surface area contributed by atoms with E-state index >= 15 is 0 Å². The molecule has 1 aliphatic rings. The van der Waals surface area contributed by atoms with Gasteiger partial charge in [-0.3, -0.25) is 0 Å². The van der Waals surface area contributed by atoms with Crippen LogP contribution in [-0.4, -0.2) is 9.52 Å². The molecule has 4 aromatic carbocycles. The summed E-state index contributed by atoms with van der Waals surface area (Å²) in [7, 11) is 0.0290. The standard InChI is InChI=1S/C15H25Si.3C7H7.Ti/c1-11-9-12-7-5-6-8-13(12)14(11)10-16-15(2,3)4;3*1-7-5-3-2-4-6-7;/h9H,5-8,10,16H2,1-4H3;3*2-6H,1H2;/q4*-1;+4. The molecule has 0 heterocycles. The molecular formula is C36H46SiTi. The molecule has 0 radical (unpaired) electrons. The van der Waals surface area contributed by atoms with Crippen molar-refractivity contribution in [1.82, 2.24) is 0 Å². The van der Waals surface area contributed by atoms with Crippen molar-refractivity contribution >= 4 is 9.52 Å². The molecule has 0 aromatic heterocycles. The maximum atomic E-state index is 3.72. The van der Waals surface area contributed by atoms with Crippen molar-refractivity contribution in [2.45, 2.75) is 64.5 Å². The predicted molar refractivity (Wildman–Crippen MR) is 168 cm³/mol. The fraction of sp³-hybridized carbons (Fsp3) is 0.278. The first-order valence-corrected chi connectivity index (χ1v) is 15.2. The Morgan fingerprint density at radius 3 is 1.42 bits per heavy atom. The van der Waals surface area contributed by atoms with Crippen molar-refractivity contribution in [2.24, 2.45) is 0 Å². The molecule has 0 N–H and O–H groups in total. The summed E-state index contributed by atoms with van der Waals surface area (Å²) in [6.07, 6.45) is 5.53. The molecule has 0 bridgehead atoms. The smallest absolute Gasteiger partial charge is 0.207 e. The molecular weight excluding hydrogens is 508 g/mol. The van der Waals surface area contributed by atoms with E-state index in [1.807, 2.05) is 91.0 Å². The van der Waals surface area contributed by atoms with E-state index < -0.39 is 0 Å². The van der Waals surface area contributed by atoms with Crippen LogP contribution in [0.3, 0.4) is 0 Å². The molecule has 0 unspecified atom stereocenters. The molecule has 0 atom stereocenters. The first kappa shape index (κ1) is 33.6. The molecule has 0 saturated heterocycles. The molecule has 0 aliphatic heterocycles. The average Bonchev–Trinajstić information content (AvgIpc) is 3.20. The second-order valence-electron chi connectivity index (χ2n) is 11.0. The van der Waals surface area contributed by atoms with Gasteiger partial charge in [-0.15, -0.1) is 36.4 Å². The number of aryl methyl sites for hydroxylation is 2. The van der Waals surface area contributed by atoms with Crippen molar-refractivity contribution in [3.05, 3.63) is 157 Å². The number of rotatable bonds is 2. The van der Waals surface area contributed by atoms with Crippen LogP contribution in [0.5, 0.6) is 0 Å².